The highest BCUT2D eigenvalue weighted by Crippen LogP contribution is 2.15. The number of benzene rings is 2. The van der Waals surface area contributed by atoms with Gasteiger partial charge in [-0.3, -0.25) is 0 Å². The molecule has 3 rings (SSSR count). The molecule has 0 aliphatic carbocycles. The second kappa shape index (κ2) is 7.72. The van der Waals surface area contributed by atoms with Crippen LogP contribution in [0.5, 0.6) is 0 Å². The van der Waals surface area contributed by atoms with Crippen LogP contribution in [0.25, 0.3) is 10.9 Å². The summed E-state index contributed by atoms with van der Waals surface area (Å²) in [5.41, 5.74) is 1.44. The quantitative estimate of drug-likeness (QED) is 0.511. The number of hydrogen-bond donors (Lipinski definition) is 1. The van der Waals surface area contributed by atoms with E-state index in [2.05, 4.69) is 14.0 Å². The van der Waals surface area contributed by atoms with Crippen LogP contribution >= 0.6 is 0 Å². The summed E-state index contributed by atoms with van der Waals surface area (Å²) < 4.78 is 33.9. The first-order valence-corrected chi connectivity index (χ1v) is 9.71. The van der Waals surface area contributed by atoms with Gasteiger partial charge in [0.2, 0.25) is 10.0 Å². The predicted molar refractivity (Wildman–Crippen MR) is 99.5 cm³/mol. The minimum absolute atomic E-state index is 0.122. The maximum Gasteiger partial charge on any atom is 0.337 e. The number of aromatic nitrogens is 1. The number of carbonyl (C=O) groups excluding carboxylic acids is 1. The Labute approximate surface area is 152 Å². The lowest BCUT2D eigenvalue weighted by Crippen LogP contribution is -2.25. The first-order chi connectivity index (χ1) is 12.5. The van der Waals surface area contributed by atoms with Crippen molar-refractivity contribution in [3.8, 4) is 0 Å². The Morgan fingerprint density at radius 2 is 1.81 bits per heavy atom. The van der Waals surface area contributed by atoms with Crippen molar-refractivity contribution >= 4 is 26.9 Å². The average molecular weight is 372 g/mol. The number of carbonyl (C=O) groups is 1. The SMILES string of the molecule is COC(=O)c1ccc(S(=O)(=O)NCCCn2ccc3ccccc32)cc1. The molecule has 0 fully saturated rings. The smallest absolute Gasteiger partial charge is 0.337 e. The number of hydrogen-bond acceptors (Lipinski definition) is 4. The van der Waals surface area contributed by atoms with Gasteiger partial charge in [-0.1, -0.05) is 18.2 Å². The second-order valence-electron chi connectivity index (χ2n) is 5.84. The van der Waals surface area contributed by atoms with Crippen LogP contribution in [0, 0.1) is 0 Å². The summed E-state index contributed by atoms with van der Waals surface area (Å²) in [4.78, 5) is 11.5. The van der Waals surface area contributed by atoms with E-state index in [-0.39, 0.29) is 4.90 Å². The molecule has 1 aromatic heterocycles. The van der Waals surface area contributed by atoms with Gasteiger partial charge in [0.15, 0.2) is 0 Å². The lowest BCUT2D eigenvalue weighted by Gasteiger charge is -2.09. The van der Waals surface area contributed by atoms with Crippen LogP contribution in [0.2, 0.25) is 0 Å². The molecule has 6 nitrogen and oxygen atoms in total. The van der Waals surface area contributed by atoms with Gasteiger partial charge in [-0.15, -0.1) is 0 Å². The molecule has 0 saturated carbocycles. The fourth-order valence-corrected chi connectivity index (χ4v) is 3.84. The number of fused-ring (bicyclic) bond motifs is 1. The van der Waals surface area contributed by atoms with Gasteiger partial charge in [-0.25, -0.2) is 17.9 Å². The van der Waals surface area contributed by atoms with Gasteiger partial charge in [-0.2, -0.15) is 0 Å². The van der Waals surface area contributed by atoms with E-state index in [9.17, 15) is 13.2 Å². The van der Waals surface area contributed by atoms with Crippen molar-refractivity contribution in [2.45, 2.75) is 17.9 Å². The van der Waals surface area contributed by atoms with Gasteiger partial charge in [0, 0.05) is 24.8 Å². The lowest BCUT2D eigenvalue weighted by molar-refractivity contribution is 0.0600. The van der Waals surface area contributed by atoms with E-state index >= 15 is 0 Å². The Balaban J connectivity index is 1.57. The van der Waals surface area contributed by atoms with E-state index in [1.807, 2.05) is 36.5 Å². The van der Waals surface area contributed by atoms with E-state index in [1.165, 1.54) is 36.8 Å². The number of rotatable bonds is 7. The minimum Gasteiger partial charge on any atom is -0.465 e. The number of methoxy groups -OCH3 is 1. The molecule has 0 unspecified atom stereocenters. The molecule has 0 aliphatic rings. The first kappa shape index (κ1) is 18.2. The number of para-hydroxylation sites is 1. The number of esters is 1. The van der Waals surface area contributed by atoms with Gasteiger partial charge in [0.1, 0.15) is 0 Å². The molecule has 3 aromatic rings. The zero-order chi connectivity index (χ0) is 18.6. The third-order valence-electron chi connectivity index (χ3n) is 4.13. The van der Waals surface area contributed by atoms with Crippen LogP contribution in [0.15, 0.2) is 65.7 Å². The van der Waals surface area contributed by atoms with Crippen LogP contribution in [0.1, 0.15) is 16.8 Å². The molecule has 0 aliphatic heterocycles. The normalized spacial score (nSPS) is 11.6. The van der Waals surface area contributed by atoms with E-state index < -0.39 is 16.0 Å². The van der Waals surface area contributed by atoms with Crippen LogP contribution in [0.3, 0.4) is 0 Å². The van der Waals surface area contributed by atoms with Crippen molar-refractivity contribution in [2.75, 3.05) is 13.7 Å². The largest absolute Gasteiger partial charge is 0.465 e. The second-order valence-corrected chi connectivity index (χ2v) is 7.60. The molecule has 136 valence electrons. The molecule has 0 saturated heterocycles. The van der Waals surface area contributed by atoms with Gasteiger partial charge < -0.3 is 9.30 Å². The highest BCUT2D eigenvalue weighted by Gasteiger charge is 2.14. The van der Waals surface area contributed by atoms with E-state index in [0.29, 0.717) is 18.5 Å². The maximum atomic E-state index is 12.3. The number of nitrogens with zero attached hydrogens (tertiary/aromatic N) is 1. The number of sulfonamides is 1. The average Bonchev–Trinajstić information content (AvgIpc) is 3.08. The molecular formula is C19H20N2O4S. The molecule has 0 radical (unpaired) electrons. The standard InChI is InChI=1S/C19H20N2O4S/c1-25-19(22)16-7-9-17(10-8-16)26(23,24)20-12-4-13-21-14-11-15-5-2-3-6-18(15)21/h2-3,5-11,14,20H,4,12-13H2,1H3. The van der Waals surface area contributed by atoms with Gasteiger partial charge in [0.05, 0.1) is 17.6 Å². The molecular weight excluding hydrogens is 352 g/mol. The third kappa shape index (κ3) is 3.95. The summed E-state index contributed by atoms with van der Waals surface area (Å²) >= 11 is 0. The van der Waals surface area contributed by atoms with Crippen molar-refractivity contribution in [3.63, 3.8) is 0 Å². The summed E-state index contributed by atoms with van der Waals surface area (Å²) in [7, 11) is -2.32. The van der Waals surface area contributed by atoms with Crippen molar-refractivity contribution in [1.29, 1.82) is 0 Å². The van der Waals surface area contributed by atoms with Crippen LogP contribution in [0.4, 0.5) is 0 Å². The van der Waals surface area contributed by atoms with Crippen molar-refractivity contribution in [1.82, 2.24) is 9.29 Å². The van der Waals surface area contributed by atoms with E-state index in [4.69, 9.17) is 0 Å². The molecule has 1 N–H and O–H groups in total. The molecule has 26 heavy (non-hydrogen) atoms. The molecule has 1 heterocycles. The third-order valence-corrected chi connectivity index (χ3v) is 5.61. The molecule has 7 heteroatoms. The topological polar surface area (TPSA) is 77.4 Å². The maximum absolute atomic E-state index is 12.3. The highest BCUT2D eigenvalue weighted by atomic mass is 32.2. The zero-order valence-electron chi connectivity index (χ0n) is 14.4. The van der Waals surface area contributed by atoms with E-state index in [0.717, 1.165) is 12.1 Å². The van der Waals surface area contributed by atoms with Crippen LogP contribution in [-0.2, 0) is 21.3 Å². The molecule has 0 bridgehead atoms. The Morgan fingerprint density at radius 1 is 1.08 bits per heavy atom. The van der Waals surface area contributed by atoms with Gasteiger partial charge >= 0.3 is 5.97 Å². The summed E-state index contributed by atoms with van der Waals surface area (Å²) in [6.07, 6.45) is 2.67. The minimum atomic E-state index is -3.60. The molecule has 0 spiro atoms. The van der Waals surface area contributed by atoms with Crippen LogP contribution in [-0.4, -0.2) is 32.6 Å². The predicted octanol–water partition coefficient (Wildman–Crippen LogP) is 2.80. The zero-order valence-corrected chi connectivity index (χ0v) is 15.2. The first-order valence-electron chi connectivity index (χ1n) is 8.23. The Kier molecular flexibility index (Phi) is 5.39. The van der Waals surface area contributed by atoms with Crippen molar-refractivity contribution in [3.05, 3.63) is 66.4 Å². The molecule has 0 amide bonds. The Hall–Kier alpha value is -2.64. The summed E-state index contributed by atoms with van der Waals surface area (Å²) in [6, 6.07) is 15.8. The molecule has 2 aromatic carbocycles. The lowest BCUT2D eigenvalue weighted by atomic mass is 10.2. The van der Waals surface area contributed by atoms with E-state index in [1.54, 1.807) is 0 Å². The summed E-state index contributed by atoms with van der Waals surface area (Å²) in [6.45, 7) is 1.05. The monoisotopic (exact) mass is 372 g/mol. The fourth-order valence-electron chi connectivity index (χ4n) is 2.76. The van der Waals surface area contributed by atoms with Crippen LogP contribution < -0.4 is 4.72 Å². The van der Waals surface area contributed by atoms with Crippen molar-refractivity contribution < 1.29 is 17.9 Å². The number of aryl methyl sites for hydroxylation is 1. The molecule has 0 atom stereocenters. The van der Waals surface area contributed by atoms with Gasteiger partial charge in [-0.05, 0) is 48.2 Å². The summed E-state index contributed by atoms with van der Waals surface area (Å²) in [5, 5.41) is 1.17. The Bertz CT molecular complexity index is 1010. The number of nitrogens with one attached hydrogen (secondary N) is 1. The highest BCUT2D eigenvalue weighted by molar-refractivity contribution is 7.89. The number of ether oxygens (including phenoxy) is 1. The Morgan fingerprint density at radius 3 is 2.54 bits per heavy atom. The van der Waals surface area contributed by atoms with Crippen molar-refractivity contribution in [2.24, 2.45) is 0 Å². The van der Waals surface area contributed by atoms with Gasteiger partial charge in [0.25, 0.3) is 0 Å². The summed E-state index contributed by atoms with van der Waals surface area (Å²) in [5.74, 6) is -0.499. The fraction of sp³-hybridized carbons (Fsp3) is 0.211.